The molecule has 0 radical (unpaired) electrons. The van der Waals surface area contributed by atoms with Crippen LogP contribution in [0.1, 0.15) is 59.3 Å². The van der Waals surface area contributed by atoms with Crippen LogP contribution in [0, 0.1) is 19.8 Å². The molecule has 0 spiro atoms. The molecule has 0 aliphatic heterocycles. The summed E-state index contributed by atoms with van der Waals surface area (Å²) in [6.07, 6.45) is 0.777. The number of nitrogens with zero attached hydrogens (tertiary/aromatic N) is 2. The van der Waals surface area contributed by atoms with Gasteiger partial charge in [0.2, 0.25) is 5.91 Å². The van der Waals surface area contributed by atoms with Gasteiger partial charge in [0.1, 0.15) is 10.7 Å². The second-order valence-corrected chi connectivity index (χ2v) is 8.16. The average molecular weight is 367 g/mol. The molecule has 0 saturated carbocycles. The minimum Gasteiger partial charge on any atom is -0.347 e. The minimum atomic E-state index is -0.280. The molecule has 2 amide bonds. The average Bonchev–Trinajstić information content (AvgIpc) is 3.05. The fraction of sp³-hybridized carbons (Fsp3) is 0.500. The summed E-state index contributed by atoms with van der Waals surface area (Å²) in [5.74, 6) is 0.0252. The molecule has 2 aromatic rings. The summed E-state index contributed by atoms with van der Waals surface area (Å²) >= 11 is 2.83. The third-order valence-corrected chi connectivity index (χ3v) is 5.33. The van der Waals surface area contributed by atoms with Gasteiger partial charge in [-0.2, -0.15) is 0 Å². The lowest BCUT2D eigenvalue weighted by Crippen LogP contribution is -2.27. The van der Waals surface area contributed by atoms with Crippen LogP contribution in [0.15, 0.2) is 5.38 Å². The molecule has 2 N–H and O–H groups in total. The SMILES string of the molecule is CC(=O)N[C@@H](CC(C)C)c1nc(C(=O)Nc2nc(C)c(C)s2)cs1. The van der Waals surface area contributed by atoms with Gasteiger partial charge < -0.3 is 5.32 Å². The summed E-state index contributed by atoms with van der Waals surface area (Å²) in [6.45, 7) is 9.54. The number of hydrogen-bond acceptors (Lipinski definition) is 6. The van der Waals surface area contributed by atoms with E-state index in [4.69, 9.17) is 0 Å². The van der Waals surface area contributed by atoms with Crippen LogP contribution in [0.2, 0.25) is 0 Å². The number of rotatable bonds is 6. The second-order valence-electron chi connectivity index (χ2n) is 6.07. The van der Waals surface area contributed by atoms with Crippen molar-refractivity contribution in [3.8, 4) is 0 Å². The van der Waals surface area contributed by atoms with E-state index >= 15 is 0 Å². The Morgan fingerprint density at radius 3 is 2.50 bits per heavy atom. The molecular weight excluding hydrogens is 344 g/mol. The van der Waals surface area contributed by atoms with Gasteiger partial charge in [0, 0.05) is 17.2 Å². The zero-order valence-corrected chi connectivity index (χ0v) is 16.1. The normalized spacial score (nSPS) is 12.2. The van der Waals surface area contributed by atoms with Gasteiger partial charge in [-0.1, -0.05) is 13.8 Å². The van der Waals surface area contributed by atoms with Crippen LogP contribution >= 0.6 is 22.7 Å². The molecule has 0 aliphatic rings. The number of carbonyl (C=O) groups is 2. The van der Waals surface area contributed by atoms with Crippen LogP contribution < -0.4 is 10.6 Å². The topological polar surface area (TPSA) is 84.0 Å². The van der Waals surface area contributed by atoms with E-state index in [9.17, 15) is 9.59 Å². The summed E-state index contributed by atoms with van der Waals surface area (Å²) in [6, 6.07) is -0.168. The monoisotopic (exact) mass is 366 g/mol. The van der Waals surface area contributed by atoms with Crippen molar-refractivity contribution in [3.05, 3.63) is 26.7 Å². The lowest BCUT2D eigenvalue weighted by molar-refractivity contribution is -0.119. The van der Waals surface area contributed by atoms with Gasteiger partial charge >= 0.3 is 0 Å². The van der Waals surface area contributed by atoms with Gasteiger partial charge in [0.15, 0.2) is 5.13 Å². The first kappa shape index (κ1) is 18.5. The van der Waals surface area contributed by atoms with Crippen molar-refractivity contribution in [2.75, 3.05) is 5.32 Å². The summed E-state index contributed by atoms with van der Waals surface area (Å²) in [5, 5.41) is 8.72. The van der Waals surface area contributed by atoms with E-state index in [2.05, 4.69) is 34.4 Å². The molecule has 0 aliphatic carbocycles. The summed E-state index contributed by atoms with van der Waals surface area (Å²) in [5.41, 5.74) is 1.26. The van der Waals surface area contributed by atoms with Crippen molar-refractivity contribution in [3.63, 3.8) is 0 Å². The van der Waals surface area contributed by atoms with Gasteiger partial charge in [0.25, 0.3) is 5.91 Å². The van der Waals surface area contributed by atoms with Gasteiger partial charge in [-0.15, -0.1) is 22.7 Å². The first-order valence-corrected chi connectivity index (χ1v) is 9.43. The van der Waals surface area contributed by atoms with Gasteiger partial charge in [-0.3, -0.25) is 14.9 Å². The molecule has 0 saturated heterocycles. The molecule has 0 aromatic carbocycles. The van der Waals surface area contributed by atoms with Crippen molar-refractivity contribution >= 4 is 39.6 Å². The van der Waals surface area contributed by atoms with Crippen molar-refractivity contribution < 1.29 is 9.59 Å². The highest BCUT2D eigenvalue weighted by Crippen LogP contribution is 2.26. The van der Waals surface area contributed by atoms with E-state index in [-0.39, 0.29) is 17.9 Å². The zero-order chi connectivity index (χ0) is 17.9. The number of carbonyl (C=O) groups excluding carboxylic acids is 2. The van der Waals surface area contributed by atoms with E-state index in [1.54, 1.807) is 5.38 Å². The Kier molecular flexibility index (Phi) is 6.06. The van der Waals surface area contributed by atoms with Crippen LogP contribution in [0.4, 0.5) is 5.13 Å². The predicted octanol–water partition coefficient (Wildman–Crippen LogP) is 3.69. The molecule has 0 fully saturated rings. The quantitative estimate of drug-likeness (QED) is 0.816. The number of aryl methyl sites for hydroxylation is 2. The van der Waals surface area contributed by atoms with Crippen LogP contribution in [0.25, 0.3) is 0 Å². The fourth-order valence-corrected chi connectivity index (χ4v) is 3.85. The van der Waals surface area contributed by atoms with Crippen LogP contribution in [-0.4, -0.2) is 21.8 Å². The van der Waals surface area contributed by atoms with Crippen LogP contribution in [0.3, 0.4) is 0 Å². The standard InChI is InChI=1S/C16H22N4O2S2/c1-8(2)6-12(18-11(5)21)15-19-13(7-23-15)14(22)20-16-17-9(3)10(4)24-16/h7-8,12H,6H2,1-5H3,(H,18,21)(H,17,20,22)/t12-/m0/s1. The Balaban J connectivity index is 2.12. The lowest BCUT2D eigenvalue weighted by Gasteiger charge is -2.17. The molecule has 2 heterocycles. The highest BCUT2D eigenvalue weighted by Gasteiger charge is 2.20. The Labute approximate surface area is 149 Å². The molecular formula is C16H22N4O2S2. The van der Waals surface area contributed by atoms with Gasteiger partial charge in [0.05, 0.1) is 11.7 Å². The Morgan fingerprint density at radius 2 is 1.96 bits per heavy atom. The minimum absolute atomic E-state index is 0.101. The largest absolute Gasteiger partial charge is 0.347 e. The first-order valence-electron chi connectivity index (χ1n) is 7.74. The lowest BCUT2D eigenvalue weighted by atomic mass is 10.0. The number of thiazole rings is 2. The van der Waals surface area contributed by atoms with E-state index in [1.807, 2.05) is 13.8 Å². The Hall–Kier alpha value is -1.80. The first-order chi connectivity index (χ1) is 11.3. The van der Waals surface area contributed by atoms with Gasteiger partial charge in [-0.05, 0) is 26.2 Å². The molecule has 0 unspecified atom stereocenters. The summed E-state index contributed by atoms with van der Waals surface area (Å²) in [7, 11) is 0. The summed E-state index contributed by atoms with van der Waals surface area (Å²) in [4.78, 5) is 33.5. The van der Waals surface area contributed by atoms with Crippen molar-refractivity contribution in [2.24, 2.45) is 5.92 Å². The van der Waals surface area contributed by atoms with Crippen molar-refractivity contribution in [1.29, 1.82) is 0 Å². The van der Waals surface area contributed by atoms with E-state index < -0.39 is 0 Å². The summed E-state index contributed by atoms with van der Waals surface area (Å²) < 4.78 is 0. The predicted molar refractivity (Wildman–Crippen MR) is 97.7 cm³/mol. The zero-order valence-electron chi connectivity index (χ0n) is 14.5. The second kappa shape index (κ2) is 7.85. The molecule has 1 atom stereocenters. The van der Waals surface area contributed by atoms with Crippen LogP contribution in [-0.2, 0) is 4.79 Å². The molecule has 0 bridgehead atoms. The van der Waals surface area contributed by atoms with E-state index in [0.29, 0.717) is 16.7 Å². The third-order valence-electron chi connectivity index (χ3n) is 3.39. The number of amides is 2. The molecule has 8 heteroatoms. The Morgan fingerprint density at radius 1 is 1.25 bits per heavy atom. The fourth-order valence-electron chi connectivity index (χ4n) is 2.18. The smallest absolute Gasteiger partial charge is 0.276 e. The number of nitrogens with one attached hydrogen (secondary N) is 2. The number of aromatic nitrogens is 2. The highest BCUT2D eigenvalue weighted by molar-refractivity contribution is 7.15. The molecule has 6 nitrogen and oxygen atoms in total. The molecule has 2 rings (SSSR count). The number of hydrogen-bond donors (Lipinski definition) is 2. The Bertz CT molecular complexity index is 717. The maximum absolute atomic E-state index is 12.3. The maximum atomic E-state index is 12.3. The maximum Gasteiger partial charge on any atom is 0.276 e. The van der Waals surface area contributed by atoms with Crippen LogP contribution in [0.5, 0.6) is 0 Å². The van der Waals surface area contributed by atoms with E-state index in [0.717, 1.165) is 22.0 Å². The third kappa shape index (κ3) is 4.85. The van der Waals surface area contributed by atoms with Gasteiger partial charge in [-0.25, -0.2) is 9.97 Å². The highest BCUT2D eigenvalue weighted by atomic mass is 32.1. The molecule has 2 aromatic heterocycles. The molecule has 24 heavy (non-hydrogen) atoms. The van der Waals surface area contributed by atoms with E-state index in [1.165, 1.54) is 29.6 Å². The molecule has 130 valence electrons. The van der Waals surface area contributed by atoms with Crippen molar-refractivity contribution in [1.82, 2.24) is 15.3 Å². The number of anilines is 1. The van der Waals surface area contributed by atoms with Crippen molar-refractivity contribution in [2.45, 2.75) is 47.1 Å².